The van der Waals surface area contributed by atoms with Gasteiger partial charge in [0.2, 0.25) is 0 Å². The van der Waals surface area contributed by atoms with Crippen LogP contribution in [0.3, 0.4) is 0 Å². The first-order valence-corrected chi connectivity index (χ1v) is 6.56. The average Bonchev–Trinajstić information content (AvgIpc) is 2.34. The Labute approximate surface area is 122 Å². The number of aliphatic carboxylic acids is 1. The molecule has 0 fully saturated rings. The van der Waals surface area contributed by atoms with Crippen molar-refractivity contribution in [2.75, 3.05) is 5.32 Å². The molecule has 8 heteroatoms. The van der Waals surface area contributed by atoms with Crippen molar-refractivity contribution < 1.29 is 23.5 Å². The largest absolute Gasteiger partial charge is 0.481 e. The molecule has 0 bridgehead atoms. The molecule has 0 aromatic heterocycles. The quantitative estimate of drug-likeness (QED) is 0.714. The van der Waals surface area contributed by atoms with Gasteiger partial charge in [0.25, 0.3) is 0 Å². The lowest BCUT2D eigenvalue weighted by atomic mass is 10.1. The van der Waals surface area contributed by atoms with Gasteiger partial charge in [0.1, 0.15) is 11.6 Å². The maximum Gasteiger partial charge on any atom is 0.319 e. The van der Waals surface area contributed by atoms with Crippen LogP contribution < -0.4 is 10.6 Å². The van der Waals surface area contributed by atoms with E-state index in [0.717, 1.165) is 6.07 Å². The first-order valence-electron chi connectivity index (χ1n) is 5.77. The minimum Gasteiger partial charge on any atom is -0.481 e. The summed E-state index contributed by atoms with van der Waals surface area (Å²) < 4.78 is 26.5. The minimum absolute atomic E-state index is 0.00628. The van der Waals surface area contributed by atoms with Crippen LogP contribution in [0, 0.1) is 11.6 Å². The number of amides is 2. The molecule has 5 nitrogen and oxygen atoms in total. The van der Waals surface area contributed by atoms with Crippen molar-refractivity contribution in [2.45, 2.75) is 25.8 Å². The monoisotopic (exact) mass is 350 g/mol. The topological polar surface area (TPSA) is 78.4 Å². The lowest BCUT2D eigenvalue weighted by Gasteiger charge is -2.15. The summed E-state index contributed by atoms with van der Waals surface area (Å²) in [4.78, 5) is 22.2. The standard InChI is InChI=1S/C12H13BrF2N2O3/c1-2-6(3-11(18)19)16-12(20)17-10-4-7(13)8(14)5-9(10)15/h4-6H,2-3H2,1H3,(H,18,19)(H2,16,17,20). The van der Waals surface area contributed by atoms with Crippen LogP contribution >= 0.6 is 15.9 Å². The van der Waals surface area contributed by atoms with E-state index in [-0.39, 0.29) is 16.6 Å². The Balaban J connectivity index is 2.71. The van der Waals surface area contributed by atoms with E-state index >= 15 is 0 Å². The fraction of sp³-hybridized carbons (Fsp3) is 0.333. The molecule has 0 saturated heterocycles. The second-order valence-corrected chi connectivity index (χ2v) is 4.90. The Morgan fingerprint density at radius 3 is 2.55 bits per heavy atom. The van der Waals surface area contributed by atoms with Crippen molar-refractivity contribution in [3.63, 3.8) is 0 Å². The molecule has 0 spiro atoms. The summed E-state index contributed by atoms with van der Waals surface area (Å²) >= 11 is 2.88. The molecular formula is C12H13BrF2N2O3. The molecule has 1 unspecified atom stereocenters. The highest BCUT2D eigenvalue weighted by atomic mass is 79.9. The van der Waals surface area contributed by atoms with Crippen LogP contribution in [0.1, 0.15) is 19.8 Å². The highest BCUT2D eigenvalue weighted by Crippen LogP contribution is 2.23. The van der Waals surface area contributed by atoms with Crippen LogP contribution in [0.5, 0.6) is 0 Å². The van der Waals surface area contributed by atoms with Gasteiger partial charge >= 0.3 is 12.0 Å². The van der Waals surface area contributed by atoms with Gasteiger partial charge in [-0.25, -0.2) is 13.6 Å². The second-order valence-electron chi connectivity index (χ2n) is 4.05. The number of urea groups is 1. The van der Waals surface area contributed by atoms with Crippen LogP contribution in [0.2, 0.25) is 0 Å². The maximum absolute atomic E-state index is 13.4. The highest BCUT2D eigenvalue weighted by molar-refractivity contribution is 9.10. The summed E-state index contributed by atoms with van der Waals surface area (Å²) in [5.74, 6) is -2.76. The third-order valence-electron chi connectivity index (χ3n) is 2.51. The van der Waals surface area contributed by atoms with E-state index in [1.165, 1.54) is 0 Å². The van der Waals surface area contributed by atoms with E-state index in [0.29, 0.717) is 12.5 Å². The number of carboxylic acid groups (broad SMARTS) is 1. The molecule has 2 amide bonds. The fourth-order valence-corrected chi connectivity index (χ4v) is 1.81. The molecule has 0 aliphatic heterocycles. The van der Waals surface area contributed by atoms with Gasteiger partial charge in [-0.3, -0.25) is 4.79 Å². The summed E-state index contributed by atoms with van der Waals surface area (Å²) in [6.45, 7) is 1.71. The van der Waals surface area contributed by atoms with Gasteiger partial charge in [-0.2, -0.15) is 0 Å². The van der Waals surface area contributed by atoms with Gasteiger partial charge in [0.05, 0.1) is 16.6 Å². The van der Waals surface area contributed by atoms with E-state index in [1.54, 1.807) is 6.92 Å². The predicted octanol–water partition coefficient (Wildman–Crippen LogP) is 3.10. The number of benzene rings is 1. The Kier molecular flexibility index (Phi) is 5.87. The van der Waals surface area contributed by atoms with Crippen molar-refractivity contribution in [1.82, 2.24) is 5.32 Å². The summed E-state index contributed by atoms with van der Waals surface area (Å²) in [6.07, 6.45) is 0.175. The van der Waals surface area contributed by atoms with Gasteiger partial charge < -0.3 is 15.7 Å². The zero-order valence-corrected chi connectivity index (χ0v) is 12.1. The van der Waals surface area contributed by atoms with Gasteiger partial charge in [0.15, 0.2) is 0 Å². The summed E-state index contributed by atoms with van der Waals surface area (Å²) in [7, 11) is 0. The molecule has 1 rings (SSSR count). The van der Waals surface area contributed by atoms with Gasteiger partial charge in [-0.1, -0.05) is 6.92 Å². The predicted molar refractivity (Wildman–Crippen MR) is 72.5 cm³/mol. The summed E-state index contributed by atoms with van der Waals surface area (Å²) in [6, 6.07) is 0.395. The Bertz CT molecular complexity index is 526. The van der Waals surface area contributed by atoms with Crippen LogP contribution in [0.4, 0.5) is 19.3 Å². The number of nitrogens with one attached hydrogen (secondary N) is 2. The number of anilines is 1. The Morgan fingerprint density at radius 1 is 1.35 bits per heavy atom. The van der Waals surface area contributed by atoms with Crippen LogP contribution in [0.25, 0.3) is 0 Å². The van der Waals surface area contributed by atoms with Crippen molar-refractivity contribution in [2.24, 2.45) is 0 Å². The third-order valence-corrected chi connectivity index (χ3v) is 3.11. The lowest BCUT2D eigenvalue weighted by Crippen LogP contribution is -2.39. The molecule has 1 atom stereocenters. The number of carbonyl (C=O) groups excluding carboxylic acids is 1. The number of carboxylic acids is 1. The molecular weight excluding hydrogens is 338 g/mol. The third kappa shape index (κ3) is 4.76. The molecule has 0 radical (unpaired) electrons. The van der Waals surface area contributed by atoms with Crippen LogP contribution in [-0.2, 0) is 4.79 Å². The maximum atomic E-state index is 13.4. The van der Waals surface area contributed by atoms with Crippen molar-refractivity contribution in [3.05, 3.63) is 28.2 Å². The highest BCUT2D eigenvalue weighted by Gasteiger charge is 2.16. The van der Waals surface area contributed by atoms with Crippen molar-refractivity contribution in [3.8, 4) is 0 Å². The molecule has 0 aliphatic carbocycles. The molecule has 110 valence electrons. The molecule has 0 heterocycles. The molecule has 1 aromatic rings. The van der Waals surface area contributed by atoms with Gasteiger partial charge in [-0.15, -0.1) is 0 Å². The van der Waals surface area contributed by atoms with Gasteiger partial charge in [-0.05, 0) is 28.4 Å². The minimum atomic E-state index is -1.05. The Morgan fingerprint density at radius 2 is 2.00 bits per heavy atom. The van der Waals surface area contributed by atoms with Crippen LogP contribution in [-0.4, -0.2) is 23.1 Å². The number of halogens is 3. The number of hydrogen-bond acceptors (Lipinski definition) is 2. The molecule has 3 N–H and O–H groups in total. The van der Waals surface area contributed by atoms with E-state index in [9.17, 15) is 18.4 Å². The second kappa shape index (κ2) is 7.18. The average molecular weight is 351 g/mol. The molecule has 0 saturated carbocycles. The normalized spacial score (nSPS) is 11.8. The summed E-state index contributed by atoms with van der Waals surface area (Å²) in [5, 5.41) is 13.3. The van der Waals surface area contributed by atoms with Crippen molar-refractivity contribution >= 4 is 33.6 Å². The smallest absolute Gasteiger partial charge is 0.319 e. The van der Waals surface area contributed by atoms with E-state index in [1.807, 2.05) is 0 Å². The first-order chi connectivity index (χ1) is 9.33. The zero-order valence-electron chi connectivity index (χ0n) is 10.5. The lowest BCUT2D eigenvalue weighted by molar-refractivity contribution is -0.137. The fourth-order valence-electron chi connectivity index (χ4n) is 1.47. The Hall–Kier alpha value is -1.70. The van der Waals surface area contributed by atoms with Crippen molar-refractivity contribution in [1.29, 1.82) is 0 Å². The van der Waals surface area contributed by atoms with E-state index in [2.05, 4.69) is 26.6 Å². The molecule has 1 aromatic carbocycles. The number of rotatable bonds is 5. The summed E-state index contributed by atoms with van der Waals surface area (Å²) in [5.41, 5.74) is -0.207. The van der Waals surface area contributed by atoms with Gasteiger partial charge in [0, 0.05) is 12.1 Å². The van der Waals surface area contributed by atoms with E-state index in [4.69, 9.17) is 5.11 Å². The zero-order chi connectivity index (χ0) is 15.3. The number of hydrogen-bond donors (Lipinski definition) is 3. The van der Waals surface area contributed by atoms with E-state index < -0.39 is 29.7 Å². The SMILES string of the molecule is CCC(CC(=O)O)NC(=O)Nc1cc(Br)c(F)cc1F. The molecule has 20 heavy (non-hydrogen) atoms. The van der Waals surface area contributed by atoms with Crippen LogP contribution in [0.15, 0.2) is 16.6 Å². The first kappa shape index (κ1) is 16.4. The molecule has 0 aliphatic rings. The number of carbonyl (C=O) groups is 2.